The SMILES string of the molecule is O=C1c2ccccc2N[C@@H](c2cnn(Cc3ccccc3)c2)N1C1CC1. The highest BCUT2D eigenvalue weighted by Crippen LogP contribution is 2.40. The van der Waals surface area contributed by atoms with E-state index < -0.39 is 0 Å². The molecule has 1 N–H and O–H groups in total. The minimum atomic E-state index is -0.158. The summed E-state index contributed by atoms with van der Waals surface area (Å²) in [6, 6.07) is 18.3. The number of hydrogen-bond acceptors (Lipinski definition) is 3. The standard InChI is InChI=1S/C21H20N4O/c26-21-18-8-4-5-9-19(18)23-20(25(21)17-10-11-17)16-12-22-24(14-16)13-15-6-2-1-3-7-15/h1-9,12,14,17,20,23H,10-11,13H2/t20-/m1/s1. The average Bonchev–Trinajstić information content (AvgIpc) is 3.41. The minimum Gasteiger partial charge on any atom is -0.361 e. The molecule has 0 unspecified atom stereocenters. The number of nitrogens with one attached hydrogen (secondary N) is 1. The Balaban J connectivity index is 1.46. The molecule has 0 saturated heterocycles. The van der Waals surface area contributed by atoms with E-state index in [-0.39, 0.29) is 12.1 Å². The Morgan fingerprint density at radius 3 is 2.62 bits per heavy atom. The molecule has 1 atom stereocenters. The fourth-order valence-corrected chi connectivity index (χ4v) is 3.62. The van der Waals surface area contributed by atoms with Crippen LogP contribution in [0.4, 0.5) is 5.69 Å². The summed E-state index contributed by atoms with van der Waals surface area (Å²) in [6.07, 6.45) is 5.90. The third-order valence-electron chi connectivity index (χ3n) is 5.06. The number of carbonyl (C=O) groups is 1. The van der Waals surface area contributed by atoms with Gasteiger partial charge in [-0.1, -0.05) is 42.5 Å². The zero-order chi connectivity index (χ0) is 17.5. The van der Waals surface area contributed by atoms with Gasteiger partial charge in [0.05, 0.1) is 18.3 Å². The zero-order valence-corrected chi connectivity index (χ0v) is 14.4. The maximum absolute atomic E-state index is 13.0. The van der Waals surface area contributed by atoms with Gasteiger partial charge >= 0.3 is 0 Å². The summed E-state index contributed by atoms with van der Waals surface area (Å²) in [6.45, 7) is 0.724. The van der Waals surface area contributed by atoms with E-state index in [2.05, 4.69) is 22.5 Å². The summed E-state index contributed by atoms with van der Waals surface area (Å²) in [5.74, 6) is 0.114. The van der Waals surface area contributed by atoms with Crippen LogP contribution >= 0.6 is 0 Å². The van der Waals surface area contributed by atoms with Gasteiger partial charge in [-0.2, -0.15) is 5.10 Å². The third-order valence-corrected chi connectivity index (χ3v) is 5.06. The second kappa shape index (κ2) is 6.02. The Bertz CT molecular complexity index is 945. The lowest BCUT2D eigenvalue weighted by molar-refractivity contribution is 0.0666. The number of rotatable bonds is 4. The quantitative estimate of drug-likeness (QED) is 0.786. The molecule has 3 aromatic rings. The fraction of sp³-hybridized carbons (Fsp3) is 0.238. The highest BCUT2D eigenvalue weighted by molar-refractivity contribution is 6.02. The van der Waals surface area contributed by atoms with E-state index >= 15 is 0 Å². The molecule has 1 aliphatic carbocycles. The van der Waals surface area contributed by atoms with Crippen molar-refractivity contribution in [2.75, 3.05) is 5.32 Å². The van der Waals surface area contributed by atoms with Crippen molar-refractivity contribution in [3.05, 3.63) is 83.7 Å². The number of benzene rings is 2. The van der Waals surface area contributed by atoms with Crippen molar-refractivity contribution >= 4 is 11.6 Å². The van der Waals surface area contributed by atoms with Crippen molar-refractivity contribution in [3.8, 4) is 0 Å². The van der Waals surface area contributed by atoms with E-state index in [1.165, 1.54) is 5.56 Å². The molecular weight excluding hydrogens is 324 g/mol. The van der Waals surface area contributed by atoms with Crippen molar-refractivity contribution in [2.45, 2.75) is 31.6 Å². The smallest absolute Gasteiger partial charge is 0.258 e. The van der Waals surface area contributed by atoms with Crippen LogP contribution in [0.5, 0.6) is 0 Å². The number of para-hydroxylation sites is 1. The van der Waals surface area contributed by atoms with Gasteiger partial charge in [0.15, 0.2) is 0 Å². The van der Waals surface area contributed by atoms with Crippen LogP contribution in [0, 0.1) is 0 Å². The van der Waals surface area contributed by atoms with Crippen molar-refractivity contribution in [1.29, 1.82) is 0 Å². The Morgan fingerprint density at radius 1 is 1.04 bits per heavy atom. The van der Waals surface area contributed by atoms with Crippen LogP contribution in [0.25, 0.3) is 0 Å². The third kappa shape index (κ3) is 2.65. The Kier molecular flexibility index (Phi) is 3.52. The molecule has 2 aliphatic rings. The molecule has 1 amide bonds. The molecule has 0 bridgehead atoms. The van der Waals surface area contributed by atoms with Crippen LogP contribution in [0.1, 0.15) is 40.5 Å². The van der Waals surface area contributed by atoms with Crippen LogP contribution in [-0.2, 0) is 6.54 Å². The topological polar surface area (TPSA) is 50.2 Å². The number of carbonyl (C=O) groups excluding carboxylic acids is 1. The molecule has 5 rings (SSSR count). The normalized spacial score (nSPS) is 19.2. The lowest BCUT2D eigenvalue weighted by Crippen LogP contribution is -2.44. The molecule has 1 saturated carbocycles. The maximum atomic E-state index is 13.0. The van der Waals surface area contributed by atoms with Crippen LogP contribution in [0.3, 0.4) is 0 Å². The first-order valence-electron chi connectivity index (χ1n) is 9.04. The van der Waals surface area contributed by atoms with Gasteiger partial charge in [0, 0.05) is 23.5 Å². The fourth-order valence-electron chi connectivity index (χ4n) is 3.62. The van der Waals surface area contributed by atoms with Crippen molar-refractivity contribution < 1.29 is 4.79 Å². The van der Waals surface area contributed by atoms with E-state index in [0.29, 0.717) is 6.04 Å². The largest absolute Gasteiger partial charge is 0.361 e. The van der Waals surface area contributed by atoms with Gasteiger partial charge in [0.25, 0.3) is 5.91 Å². The Morgan fingerprint density at radius 2 is 1.81 bits per heavy atom. The summed E-state index contributed by atoms with van der Waals surface area (Å²) in [5, 5.41) is 8.06. The zero-order valence-electron chi connectivity index (χ0n) is 14.4. The Hall–Kier alpha value is -3.08. The average molecular weight is 344 g/mol. The van der Waals surface area contributed by atoms with Crippen LogP contribution < -0.4 is 5.32 Å². The second-order valence-corrected chi connectivity index (χ2v) is 6.99. The van der Waals surface area contributed by atoms with E-state index in [4.69, 9.17) is 0 Å². The number of nitrogens with zero attached hydrogens (tertiary/aromatic N) is 3. The number of hydrogen-bond donors (Lipinski definition) is 1. The molecule has 1 aromatic heterocycles. The summed E-state index contributed by atoms with van der Waals surface area (Å²) in [7, 11) is 0. The molecule has 2 aromatic carbocycles. The summed E-state index contributed by atoms with van der Waals surface area (Å²) in [5.41, 5.74) is 3.89. The lowest BCUT2D eigenvalue weighted by atomic mass is 10.1. The van der Waals surface area contributed by atoms with Crippen LogP contribution in [0.15, 0.2) is 67.0 Å². The Labute approximate surface area is 152 Å². The first-order chi connectivity index (χ1) is 12.8. The predicted octanol–water partition coefficient (Wildman–Crippen LogP) is 3.66. The van der Waals surface area contributed by atoms with Crippen molar-refractivity contribution in [3.63, 3.8) is 0 Å². The van der Waals surface area contributed by atoms with Gasteiger partial charge in [-0.15, -0.1) is 0 Å². The minimum absolute atomic E-state index is 0.114. The van der Waals surface area contributed by atoms with Crippen molar-refractivity contribution in [2.24, 2.45) is 0 Å². The van der Waals surface area contributed by atoms with Crippen molar-refractivity contribution in [1.82, 2.24) is 14.7 Å². The number of amides is 1. The van der Waals surface area contributed by atoms with Crippen LogP contribution in [-0.4, -0.2) is 26.6 Å². The predicted molar refractivity (Wildman–Crippen MR) is 99.8 cm³/mol. The van der Waals surface area contributed by atoms with Gasteiger partial charge in [0.2, 0.25) is 0 Å². The molecule has 26 heavy (non-hydrogen) atoms. The number of aromatic nitrogens is 2. The number of fused-ring (bicyclic) bond motifs is 1. The summed E-state index contributed by atoms with van der Waals surface area (Å²) in [4.78, 5) is 15.0. The lowest BCUT2D eigenvalue weighted by Gasteiger charge is -2.37. The second-order valence-electron chi connectivity index (χ2n) is 6.99. The van der Waals surface area contributed by atoms with Gasteiger partial charge in [-0.25, -0.2) is 0 Å². The maximum Gasteiger partial charge on any atom is 0.258 e. The molecule has 130 valence electrons. The van der Waals surface area contributed by atoms with E-state index in [0.717, 1.165) is 36.2 Å². The molecule has 1 fully saturated rings. The summed E-state index contributed by atoms with van der Waals surface area (Å²) < 4.78 is 1.93. The molecule has 1 aliphatic heterocycles. The first-order valence-corrected chi connectivity index (χ1v) is 9.04. The molecule has 0 radical (unpaired) electrons. The molecule has 5 heteroatoms. The van der Waals surface area contributed by atoms with E-state index in [1.807, 2.05) is 64.4 Å². The highest BCUT2D eigenvalue weighted by atomic mass is 16.2. The summed E-state index contributed by atoms with van der Waals surface area (Å²) >= 11 is 0. The van der Waals surface area contributed by atoms with Gasteiger partial charge in [-0.05, 0) is 30.5 Å². The van der Waals surface area contributed by atoms with E-state index in [9.17, 15) is 4.79 Å². The molecule has 2 heterocycles. The van der Waals surface area contributed by atoms with E-state index in [1.54, 1.807) is 0 Å². The van der Waals surface area contributed by atoms with Gasteiger partial charge in [-0.3, -0.25) is 9.48 Å². The van der Waals surface area contributed by atoms with Crippen LogP contribution in [0.2, 0.25) is 0 Å². The highest BCUT2D eigenvalue weighted by Gasteiger charge is 2.42. The molecular formula is C21H20N4O. The number of anilines is 1. The monoisotopic (exact) mass is 344 g/mol. The first kappa shape index (κ1) is 15.2. The molecule has 5 nitrogen and oxygen atoms in total. The molecule has 0 spiro atoms. The van der Waals surface area contributed by atoms with Gasteiger partial charge in [0.1, 0.15) is 6.17 Å². The van der Waals surface area contributed by atoms with Gasteiger partial charge < -0.3 is 10.2 Å².